The fourth-order valence-electron chi connectivity index (χ4n) is 5.05. The number of fused-ring (bicyclic) bond motifs is 2. The zero-order valence-electron chi connectivity index (χ0n) is 30.5. The molecule has 264 valence electrons. The largest absolute Gasteiger partial charge is 0.461 e. The van der Waals surface area contributed by atoms with Crippen molar-refractivity contribution in [3.63, 3.8) is 0 Å². The summed E-state index contributed by atoms with van der Waals surface area (Å²) in [5.41, 5.74) is 3.47. The highest BCUT2D eigenvalue weighted by Crippen LogP contribution is 2.40. The van der Waals surface area contributed by atoms with E-state index < -0.39 is 22.4 Å². The van der Waals surface area contributed by atoms with Gasteiger partial charge in [0.25, 0.3) is 0 Å². The van der Waals surface area contributed by atoms with Crippen LogP contribution >= 0.6 is 22.7 Å². The Labute approximate surface area is 300 Å². The van der Waals surface area contributed by atoms with Gasteiger partial charge in [0.1, 0.15) is 6.73 Å². The molecular formula is C35H50N6O4S2Si2. The predicted octanol–water partition coefficient (Wildman–Crippen LogP) is 8.71. The number of carbonyl (C=O) groups is 1. The van der Waals surface area contributed by atoms with Crippen LogP contribution in [0.5, 0.6) is 0 Å². The van der Waals surface area contributed by atoms with Crippen molar-refractivity contribution >= 4 is 78.1 Å². The molecule has 0 amide bonds. The molecule has 4 heterocycles. The maximum Gasteiger partial charge on any atom is 0.358 e. The van der Waals surface area contributed by atoms with E-state index in [-0.39, 0.29) is 11.6 Å². The van der Waals surface area contributed by atoms with Gasteiger partial charge in [-0.2, -0.15) is 4.99 Å². The van der Waals surface area contributed by atoms with Gasteiger partial charge in [-0.1, -0.05) is 81.3 Å². The van der Waals surface area contributed by atoms with Gasteiger partial charge in [-0.15, -0.1) is 10.2 Å². The number of rotatable bonds is 13. The average Bonchev–Trinajstić information content (AvgIpc) is 3.73. The van der Waals surface area contributed by atoms with Crippen LogP contribution in [0.25, 0.3) is 16.3 Å². The van der Waals surface area contributed by atoms with Crippen molar-refractivity contribution in [3.8, 4) is 0 Å². The minimum absolute atomic E-state index is 0.116. The van der Waals surface area contributed by atoms with Gasteiger partial charge in [0.2, 0.25) is 0 Å². The molecule has 0 spiro atoms. The van der Waals surface area contributed by atoms with Crippen LogP contribution in [0.4, 0.5) is 16.8 Å². The van der Waals surface area contributed by atoms with E-state index in [2.05, 4.69) is 87.3 Å². The minimum Gasteiger partial charge on any atom is -0.461 e. The van der Waals surface area contributed by atoms with E-state index in [0.717, 1.165) is 55.9 Å². The third-order valence-corrected chi connectivity index (χ3v) is 17.4. The molecule has 0 atom stereocenters. The highest BCUT2D eigenvalue weighted by molar-refractivity contribution is 7.17. The molecular weight excluding hydrogens is 689 g/mol. The summed E-state index contributed by atoms with van der Waals surface area (Å²) in [5.74, 6) is 0.905. The lowest BCUT2D eigenvalue weighted by Gasteiger charge is -2.35. The van der Waals surface area contributed by atoms with Crippen molar-refractivity contribution in [3.05, 3.63) is 56.8 Å². The van der Waals surface area contributed by atoms with Crippen LogP contribution in [0, 0.1) is 6.92 Å². The first-order valence-electron chi connectivity index (χ1n) is 16.9. The van der Waals surface area contributed by atoms with E-state index in [1.54, 1.807) is 18.3 Å². The Balaban J connectivity index is 1.42. The summed E-state index contributed by atoms with van der Waals surface area (Å²) < 4.78 is 21.1. The fraction of sp³-hybridized carbons (Fsp3) is 0.514. The molecule has 1 aromatic carbocycles. The van der Waals surface area contributed by atoms with Crippen molar-refractivity contribution in [2.75, 3.05) is 31.3 Å². The molecule has 1 aliphatic heterocycles. The molecule has 0 fully saturated rings. The topological polar surface area (TPSA) is 104 Å². The lowest BCUT2D eigenvalue weighted by molar-refractivity contribution is 0.0520. The second kappa shape index (κ2) is 15.1. The standard InChI is InChI=1S/C35H50N6O4S2Si2/c1-11-44-32(42)29-28(17-14-20-45-49(9,10)35(3,4)5)47-33(36-29)40-19-18-25-24(2)30(38-39-31(25)40)37-34-41(23-43-21-22-48(6,7)8)26-15-12-13-16-27(26)46-34/h12-17H,11,18-23H2,1-10H3/b17-14+,37-34-. The summed E-state index contributed by atoms with van der Waals surface area (Å²) in [5, 5.41) is 10.1. The molecule has 0 N–H and O–H groups in total. The summed E-state index contributed by atoms with van der Waals surface area (Å²) >= 11 is 3.07. The van der Waals surface area contributed by atoms with Gasteiger partial charge < -0.3 is 18.8 Å². The SMILES string of the molecule is CCOC(=O)c1nc(N2CCc3c2nnc(/N=c2\sc4ccccc4n2COCC[Si](C)(C)C)c3C)sc1/C=C/CO[Si](C)(C)C(C)(C)C. The molecule has 0 radical (unpaired) electrons. The fourth-order valence-corrected chi connectivity index (χ4v) is 8.78. The average molecular weight is 739 g/mol. The van der Waals surface area contributed by atoms with E-state index in [0.29, 0.717) is 36.5 Å². The molecule has 0 unspecified atom stereocenters. The maximum absolute atomic E-state index is 13.0. The zero-order valence-corrected chi connectivity index (χ0v) is 34.2. The first kappa shape index (κ1) is 37.2. The van der Waals surface area contributed by atoms with Crippen LogP contribution in [0.3, 0.4) is 0 Å². The predicted molar refractivity (Wildman–Crippen MR) is 207 cm³/mol. The Hall–Kier alpha value is -3.02. The number of para-hydroxylation sites is 1. The second-order valence-electron chi connectivity index (χ2n) is 15.0. The minimum atomic E-state index is -1.90. The third kappa shape index (κ3) is 8.66. The number of hydrogen-bond donors (Lipinski definition) is 0. The first-order chi connectivity index (χ1) is 23.1. The molecule has 0 bridgehead atoms. The van der Waals surface area contributed by atoms with E-state index >= 15 is 0 Å². The van der Waals surface area contributed by atoms with E-state index in [9.17, 15) is 4.79 Å². The van der Waals surface area contributed by atoms with Crippen LogP contribution in [-0.2, 0) is 27.1 Å². The Bertz CT molecular complexity index is 1900. The van der Waals surface area contributed by atoms with Crippen LogP contribution < -0.4 is 9.70 Å². The zero-order chi connectivity index (χ0) is 35.6. The van der Waals surface area contributed by atoms with E-state index in [4.69, 9.17) is 23.9 Å². The molecule has 10 nitrogen and oxygen atoms in total. The second-order valence-corrected chi connectivity index (χ2v) is 27.4. The number of aromatic nitrogens is 4. The lowest BCUT2D eigenvalue weighted by Crippen LogP contribution is -2.40. The number of hydrogen-bond acceptors (Lipinski definition) is 11. The van der Waals surface area contributed by atoms with Crippen LogP contribution in [0.15, 0.2) is 35.3 Å². The number of ether oxygens (including phenoxy) is 2. The van der Waals surface area contributed by atoms with Crippen molar-refractivity contribution in [1.29, 1.82) is 0 Å². The molecule has 3 aromatic heterocycles. The van der Waals surface area contributed by atoms with Gasteiger partial charge in [-0.25, -0.2) is 9.78 Å². The van der Waals surface area contributed by atoms with Crippen molar-refractivity contribution in [2.24, 2.45) is 4.99 Å². The third-order valence-electron chi connectivity index (χ3n) is 9.10. The summed E-state index contributed by atoms with van der Waals surface area (Å²) in [7, 11) is -3.10. The highest BCUT2D eigenvalue weighted by atomic mass is 32.1. The molecule has 0 aliphatic carbocycles. The van der Waals surface area contributed by atoms with Crippen LogP contribution in [-0.4, -0.2) is 68.5 Å². The van der Waals surface area contributed by atoms with Gasteiger partial charge in [-0.3, -0.25) is 4.57 Å². The smallest absolute Gasteiger partial charge is 0.358 e. The van der Waals surface area contributed by atoms with Crippen molar-refractivity contribution < 1.29 is 18.7 Å². The van der Waals surface area contributed by atoms with Crippen LogP contribution in [0.1, 0.15) is 54.2 Å². The van der Waals surface area contributed by atoms with Gasteiger partial charge >= 0.3 is 5.97 Å². The Morgan fingerprint density at radius 1 is 1.10 bits per heavy atom. The Morgan fingerprint density at radius 2 is 1.86 bits per heavy atom. The summed E-state index contributed by atoms with van der Waals surface area (Å²) in [6.07, 6.45) is 4.66. The van der Waals surface area contributed by atoms with Gasteiger partial charge in [0.05, 0.1) is 28.3 Å². The lowest BCUT2D eigenvalue weighted by atomic mass is 10.1. The van der Waals surface area contributed by atoms with Crippen molar-refractivity contribution in [2.45, 2.75) is 91.6 Å². The molecule has 4 aromatic rings. The Morgan fingerprint density at radius 3 is 2.57 bits per heavy atom. The van der Waals surface area contributed by atoms with Crippen molar-refractivity contribution in [1.82, 2.24) is 19.7 Å². The van der Waals surface area contributed by atoms with E-state index in [1.165, 1.54) is 11.3 Å². The van der Waals surface area contributed by atoms with E-state index in [1.807, 2.05) is 29.2 Å². The molecule has 0 saturated heterocycles. The quantitative estimate of drug-likeness (QED) is 0.0763. The number of carbonyl (C=O) groups excluding carboxylic acids is 1. The number of nitrogens with zero attached hydrogens (tertiary/aromatic N) is 6. The Kier molecular flexibility index (Phi) is 11.5. The molecule has 1 aliphatic rings. The summed E-state index contributed by atoms with van der Waals surface area (Å²) in [4.78, 5) is 26.4. The normalized spacial score (nSPS) is 14.4. The number of benzene rings is 1. The summed E-state index contributed by atoms with van der Waals surface area (Å²) in [6.45, 7) is 24.6. The first-order valence-corrected chi connectivity index (χ1v) is 25.2. The molecule has 5 rings (SSSR count). The molecule has 0 saturated carbocycles. The maximum atomic E-state index is 13.0. The molecule has 14 heteroatoms. The van der Waals surface area contributed by atoms with Gasteiger partial charge in [-0.05, 0) is 62.7 Å². The summed E-state index contributed by atoms with van der Waals surface area (Å²) in [6, 6.07) is 9.42. The number of anilines is 2. The number of thiazole rings is 2. The number of esters is 1. The van der Waals surface area contributed by atoms with Gasteiger partial charge in [0.15, 0.2) is 35.6 Å². The molecule has 49 heavy (non-hydrogen) atoms. The highest BCUT2D eigenvalue weighted by Gasteiger charge is 2.37. The van der Waals surface area contributed by atoms with Crippen LogP contribution in [0.2, 0.25) is 43.8 Å². The monoisotopic (exact) mass is 738 g/mol. The van der Waals surface area contributed by atoms with Gasteiger partial charge in [0, 0.05) is 32.4 Å².